The fourth-order valence-electron chi connectivity index (χ4n) is 2.29. The van der Waals surface area contributed by atoms with E-state index >= 15 is 0 Å². The highest BCUT2D eigenvalue weighted by Gasteiger charge is 2.11. The molecule has 0 fully saturated rings. The van der Waals surface area contributed by atoms with Crippen LogP contribution in [0.25, 0.3) is 0 Å². The Labute approximate surface area is 162 Å². The SMILES string of the molecule is COc1ccc(C(=O)NCC(=O)OCC(=O)NCc2ccccc2OC)cc1. The van der Waals surface area contributed by atoms with E-state index in [2.05, 4.69) is 10.6 Å². The minimum atomic E-state index is -0.714. The number of amides is 2. The van der Waals surface area contributed by atoms with E-state index in [9.17, 15) is 14.4 Å². The van der Waals surface area contributed by atoms with Gasteiger partial charge in [-0.3, -0.25) is 14.4 Å². The molecule has 2 rings (SSSR count). The van der Waals surface area contributed by atoms with E-state index in [-0.39, 0.29) is 13.1 Å². The van der Waals surface area contributed by atoms with Gasteiger partial charge in [-0.2, -0.15) is 0 Å². The maximum absolute atomic E-state index is 12.0. The van der Waals surface area contributed by atoms with Gasteiger partial charge in [0.2, 0.25) is 0 Å². The van der Waals surface area contributed by atoms with Crippen LogP contribution >= 0.6 is 0 Å². The van der Waals surface area contributed by atoms with Gasteiger partial charge in [0.1, 0.15) is 18.0 Å². The van der Waals surface area contributed by atoms with Crippen molar-refractivity contribution in [3.8, 4) is 11.5 Å². The normalized spacial score (nSPS) is 9.93. The number of nitrogens with one attached hydrogen (secondary N) is 2. The van der Waals surface area contributed by atoms with Crippen LogP contribution < -0.4 is 20.1 Å². The Morgan fingerprint density at radius 3 is 2.29 bits per heavy atom. The third-order valence-corrected chi connectivity index (χ3v) is 3.78. The first-order valence-corrected chi connectivity index (χ1v) is 8.50. The summed E-state index contributed by atoms with van der Waals surface area (Å²) in [5, 5.41) is 5.07. The van der Waals surface area contributed by atoms with Crippen LogP contribution in [0.4, 0.5) is 0 Å². The van der Waals surface area contributed by atoms with Crippen molar-refractivity contribution in [1.82, 2.24) is 10.6 Å². The molecule has 0 aliphatic carbocycles. The molecule has 0 aliphatic heterocycles. The zero-order valence-corrected chi connectivity index (χ0v) is 15.7. The average molecular weight is 386 g/mol. The van der Waals surface area contributed by atoms with Crippen molar-refractivity contribution in [2.24, 2.45) is 0 Å². The van der Waals surface area contributed by atoms with Gasteiger partial charge in [-0.05, 0) is 30.3 Å². The number of para-hydroxylation sites is 1. The maximum atomic E-state index is 12.0. The van der Waals surface area contributed by atoms with E-state index in [1.165, 1.54) is 7.11 Å². The van der Waals surface area contributed by atoms with Crippen molar-refractivity contribution in [2.75, 3.05) is 27.4 Å². The van der Waals surface area contributed by atoms with Crippen molar-refractivity contribution in [3.63, 3.8) is 0 Å². The van der Waals surface area contributed by atoms with Gasteiger partial charge in [0.25, 0.3) is 11.8 Å². The Bertz CT molecular complexity index is 820. The van der Waals surface area contributed by atoms with Gasteiger partial charge in [-0.15, -0.1) is 0 Å². The van der Waals surface area contributed by atoms with E-state index < -0.39 is 24.4 Å². The molecule has 2 N–H and O–H groups in total. The number of hydrogen-bond acceptors (Lipinski definition) is 6. The highest BCUT2D eigenvalue weighted by atomic mass is 16.5. The molecule has 0 bridgehead atoms. The van der Waals surface area contributed by atoms with E-state index in [1.807, 2.05) is 18.2 Å². The lowest BCUT2D eigenvalue weighted by Crippen LogP contribution is -2.33. The number of carbonyl (C=O) groups excluding carboxylic acids is 3. The van der Waals surface area contributed by atoms with E-state index in [0.717, 1.165) is 5.56 Å². The molecule has 2 aromatic rings. The van der Waals surface area contributed by atoms with Crippen molar-refractivity contribution < 1.29 is 28.6 Å². The molecule has 0 saturated heterocycles. The number of methoxy groups -OCH3 is 2. The third-order valence-electron chi connectivity index (χ3n) is 3.78. The Morgan fingerprint density at radius 2 is 1.61 bits per heavy atom. The minimum absolute atomic E-state index is 0.245. The van der Waals surface area contributed by atoms with Crippen LogP contribution in [-0.2, 0) is 20.9 Å². The molecule has 8 nitrogen and oxygen atoms in total. The molecule has 0 heterocycles. The summed E-state index contributed by atoms with van der Waals surface area (Å²) in [7, 11) is 3.07. The summed E-state index contributed by atoms with van der Waals surface area (Å²) < 4.78 is 15.1. The second-order valence-electron chi connectivity index (χ2n) is 5.66. The minimum Gasteiger partial charge on any atom is -0.497 e. The van der Waals surface area contributed by atoms with Crippen LogP contribution in [0.2, 0.25) is 0 Å². The molecule has 2 amide bonds. The summed E-state index contributed by atoms with van der Waals surface area (Å²) in [6.07, 6.45) is 0. The standard InChI is InChI=1S/C20H22N2O6/c1-26-16-9-7-14(8-10-16)20(25)22-12-19(24)28-13-18(23)21-11-15-5-3-4-6-17(15)27-2/h3-10H,11-13H2,1-2H3,(H,21,23)(H,22,25). The molecule has 148 valence electrons. The van der Waals surface area contributed by atoms with Gasteiger partial charge >= 0.3 is 5.97 Å². The highest BCUT2D eigenvalue weighted by molar-refractivity contribution is 5.96. The molecule has 0 aromatic heterocycles. The first-order valence-electron chi connectivity index (χ1n) is 8.50. The van der Waals surface area contributed by atoms with Crippen molar-refractivity contribution in [2.45, 2.75) is 6.54 Å². The summed E-state index contributed by atoms with van der Waals surface area (Å²) >= 11 is 0. The predicted molar refractivity (Wildman–Crippen MR) is 101 cm³/mol. The molecule has 8 heteroatoms. The Kier molecular flexibility index (Phi) is 7.83. The van der Waals surface area contributed by atoms with Crippen LogP contribution in [0, 0.1) is 0 Å². The molecule has 0 unspecified atom stereocenters. The molecule has 0 aliphatic rings. The lowest BCUT2D eigenvalue weighted by Gasteiger charge is -2.10. The topological polar surface area (TPSA) is 103 Å². The largest absolute Gasteiger partial charge is 0.497 e. The van der Waals surface area contributed by atoms with Gasteiger partial charge in [0.15, 0.2) is 6.61 Å². The monoisotopic (exact) mass is 386 g/mol. The molecule has 28 heavy (non-hydrogen) atoms. The molecule has 0 saturated carbocycles. The van der Waals surface area contributed by atoms with Crippen LogP contribution in [0.15, 0.2) is 48.5 Å². The van der Waals surface area contributed by atoms with E-state index in [0.29, 0.717) is 17.1 Å². The molecule has 0 spiro atoms. The third kappa shape index (κ3) is 6.31. The van der Waals surface area contributed by atoms with Crippen molar-refractivity contribution in [3.05, 3.63) is 59.7 Å². The molecule has 2 aromatic carbocycles. The van der Waals surface area contributed by atoms with Gasteiger partial charge in [0, 0.05) is 17.7 Å². The molecular formula is C20H22N2O6. The summed E-state index contributed by atoms with van der Waals surface area (Å²) in [5.74, 6) is -0.327. The first-order chi connectivity index (χ1) is 13.5. The molecular weight excluding hydrogens is 364 g/mol. The Balaban J connectivity index is 1.69. The zero-order chi connectivity index (χ0) is 20.4. The van der Waals surface area contributed by atoms with Gasteiger partial charge in [-0.25, -0.2) is 0 Å². The van der Waals surface area contributed by atoms with Crippen LogP contribution in [-0.4, -0.2) is 45.2 Å². The Morgan fingerprint density at radius 1 is 0.893 bits per heavy atom. The van der Waals surface area contributed by atoms with Gasteiger partial charge < -0.3 is 24.8 Å². The number of carbonyl (C=O) groups is 3. The van der Waals surface area contributed by atoms with E-state index in [1.54, 1.807) is 37.4 Å². The second-order valence-corrected chi connectivity index (χ2v) is 5.66. The van der Waals surface area contributed by atoms with Crippen LogP contribution in [0.5, 0.6) is 11.5 Å². The lowest BCUT2D eigenvalue weighted by molar-refractivity contribution is -0.147. The predicted octanol–water partition coefficient (Wildman–Crippen LogP) is 1.29. The van der Waals surface area contributed by atoms with Gasteiger partial charge in [-0.1, -0.05) is 18.2 Å². The van der Waals surface area contributed by atoms with Crippen molar-refractivity contribution in [1.29, 1.82) is 0 Å². The molecule has 0 atom stereocenters. The molecule has 0 radical (unpaired) electrons. The number of ether oxygens (including phenoxy) is 3. The average Bonchev–Trinajstić information content (AvgIpc) is 2.74. The summed E-state index contributed by atoms with van der Waals surface area (Å²) in [4.78, 5) is 35.5. The number of benzene rings is 2. The quantitative estimate of drug-likeness (QED) is 0.630. The van der Waals surface area contributed by atoms with Crippen LogP contribution in [0.3, 0.4) is 0 Å². The highest BCUT2D eigenvalue weighted by Crippen LogP contribution is 2.16. The van der Waals surface area contributed by atoms with Crippen LogP contribution in [0.1, 0.15) is 15.9 Å². The fourth-order valence-corrected chi connectivity index (χ4v) is 2.29. The summed E-state index contributed by atoms with van der Waals surface area (Å²) in [6.45, 7) is -0.536. The number of hydrogen-bond donors (Lipinski definition) is 2. The smallest absolute Gasteiger partial charge is 0.325 e. The first kappa shape index (κ1) is 20.8. The second kappa shape index (κ2) is 10.6. The number of esters is 1. The van der Waals surface area contributed by atoms with Crippen molar-refractivity contribution >= 4 is 17.8 Å². The summed E-state index contributed by atoms with van der Waals surface area (Å²) in [5.41, 5.74) is 1.18. The zero-order valence-electron chi connectivity index (χ0n) is 15.7. The summed E-state index contributed by atoms with van der Waals surface area (Å²) in [6, 6.07) is 13.7. The number of rotatable bonds is 9. The van der Waals surface area contributed by atoms with E-state index in [4.69, 9.17) is 14.2 Å². The fraction of sp³-hybridized carbons (Fsp3) is 0.250. The maximum Gasteiger partial charge on any atom is 0.325 e. The lowest BCUT2D eigenvalue weighted by atomic mass is 10.2. The van der Waals surface area contributed by atoms with Gasteiger partial charge in [0.05, 0.1) is 14.2 Å². The Hall–Kier alpha value is -3.55.